The zero-order valence-electron chi connectivity index (χ0n) is 18.5. The van der Waals surface area contributed by atoms with Crippen LogP contribution in [0.3, 0.4) is 0 Å². The van der Waals surface area contributed by atoms with E-state index in [-0.39, 0.29) is 29.5 Å². The molecule has 0 aliphatic heterocycles. The van der Waals surface area contributed by atoms with Crippen molar-refractivity contribution in [3.8, 4) is 0 Å². The summed E-state index contributed by atoms with van der Waals surface area (Å²) < 4.78 is 13.5. The predicted octanol–water partition coefficient (Wildman–Crippen LogP) is 0.755. The van der Waals surface area contributed by atoms with Crippen molar-refractivity contribution < 1.29 is 29.0 Å². The van der Waals surface area contributed by atoms with E-state index < -0.39 is 36.5 Å². The third-order valence-corrected chi connectivity index (χ3v) is 5.02. The summed E-state index contributed by atoms with van der Waals surface area (Å²) in [6, 6.07) is 2.95. The van der Waals surface area contributed by atoms with Crippen LogP contribution in [0.5, 0.6) is 0 Å². The molecule has 3 aromatic rings. The minimum absolute atomic E-state index is 0.00652. The molecule has 3 rings (SSSR count). The van der Waals surface area contributed by atoms with Gasteiger partial charge in [0.1, 0.15) is 6.04 Å². The van der Waals surface area contributed by atoms with Crippen molar-refractivity contribution in [3.05, 3.63) is 41.2 Å². The van der Waals surface area contributed by atoms with E-state index in [0.717, 1.165) is 5.56 Å². The summed E-state index contributed by atoms with van der Waals surface area (Å²) in [5.41, 5.74) is 14.1. The van der Waals surface area contributed by atoms with Crippen LogP contribution in [0.2, 0.25) is 0 Å². The van der Waals surface area contributed by atoms with E-state index in [1.807, 2.05) is 6.92 Å². The summed E-state index contributed by atoms with van der Waals surface area (Å²) in [6.45, 7) is 2.13. The Morgan fingerprint density at radius 3 is 2.51 bits per heavy atom. The summed E-state index contributed by atoms with van der Waals surface area (Å²) in [5.74, 6) is -4.01. The van der Waals surface area contributed by atoms with Crippen molar-refractivity contribution >= 4 is 46.5 Å². The van der Waals surface area contributed by atoms with Crippen LogP contribution in [0.25, 0.3) is 11.2 Å². The van der Waals surface area contributed by atoms with Gasteiger partial charge in [0.15, 0.2) is 23.2 Å². The number of benzene rings is 1. The number of carboxylic acid groups (broad SMARTS) is 2. The van der Waals surface area contributed by atoms with Gasteiger partial charge in [-0.2, -0.15) is 9.97 Å². The second-order valence-corrected chi connectivity index (χ2v) is 7.49. The molecule has 184 valence electrons. The molecule has 0 saturated heterocycles. The number of carboxylic acids is 2. The van der Waals surface area contributed by atoms with Gasteiger partial charge < -0.3 is 32.3 Å². The van der Waals surface area contributed by atoms with Gasteiger partial charge in [-0.1, -0.05) is 6.92 Å². The second kappa shape index (κ2) is 10.5. The van der Waals surface area contributed by atoms with Crippen LogP contribution in [0.1, 0.15) is 35.0 Å². The fourth-order valence-corrected chi connectivity index (χ4v) is 3.22. The fraction of sp³-hybridized carbons (Fsp3) is 0.286. The lowest BCUT2D eigenvalue weighted by molar-refractivity contribution is -0.145. The number of aryl methyl sites for hydroxylation is 1. The van der Waals surface area contributed by atoms with Gasteiger partial charge in [0.25, 0.3) is 5.91 Å². The molecule has 1 amide bonds. The number of amides is 1. The Morgan fingerprint density at radius 1 is 1.11 bits per heavy atom. The quantitative estimate of drug-likeness (QED) is 0.234. The average Bonchev–Trinajstić information content (AvgIpc) is 2.81. The number of fused-ring (bicyclic) bond motifs is 1. The molecule has 0 saturated carbocycles. The highest BCUT2D eigenvalue weighted by atomic mass is 19.1. The molecule has 14 heteroatoms. The number of nitrogen functional groups attached to an aromatic ring is 2. The molecule has 0 radical (unpaired) electrons. The lowest BCUT2D eigenvalue weighted by Crippen LogP contribution is -2.43. The molecule has 13 nitrogen and oxygen atoms in total. The van der Waals surface area contributed by atoms with E-state index in [9.17, 15) is 23.9 Å². The Balaban J connectivity index is 1.73. The number of nitrogens with one attached hydrogen (secondary N) is 2. The normalized spacial score (nSPS) is 12.6. The van der Waals surface area contributed by atoms with Gasteiger partial charge in [0.2, 0.25) is 5.95 Å². The summed E-state index contributed by atoms with van der Waals surface area (Å²) in [6.07, 6.45) is -1.28. The summed E-state index contributed by atoms with van der Waals surface area (Å²) in [7, 11) is 0. The second-order valence-electron chi connectivity index (χ2n) is 7.49. The first kappa shape index (κ1) is 25.0. The number of aromatic nitrogens is 4. The minimum Gasteiger partial charge on any atom is -0.480 e. The van der Waals surface area contributed by atoms with Gasteiger partial charge in [-0.05, 0) is 30.2 Å². The number of carbonyl (C=O) groups excluding carboxylic acids is 1. The lowest BCUT2D eigenvalue weighted by Gasteiger charge is -2.17. The maximum absolute atomic E-state index is 13.5. The Labute approximate surface area is 197 Å². The Bertz CT molecular complexity index is 1290. The van der Waals surface area contributed by atoms with Crippen LogP contribution in [0, 0.1) is 0 Å². The highest BCUT2D eigenvalue weighted by Gasteiger charge is 2.28. The largest absolute Gasteiger partial charge is 0.480 e. The van der Waals surface area contributed by atoms with E-state index in [2.05, 4.69) is 30.6 Å². The molecular formula is C21H23FN8O5. The number of alkyl halides is 1. The number of rotatable bonds is 10. The number of hydrogen-bond donors (Lipinski definition) is 6. The summed E-state index contributed by atoms with van der Waals surface area (Å²) in [5, 5.41) is 23.2. The maximum atomic E-state index is 13.5. The number of nitrogens with two attached hydrogens (primary N) is 2. The van der Waals surface area contributed by atoms with E-state index in [0.29, 0.717) is 23.3 Å². The SMILES string of the molecule is CCc1cc(C(=O)N[C@@H](C[C@@H](F)C(=O)O)C(=O)O)ccc1NCc1cnc2nc(N)nc(N)c2n1. The monoisotopic (exact) mass is 486 g/mol. The highest BCUT2D eigenvalue weighted by molar-refractivity contribution is 5.97. The third kappa shape index (κ3) is 6.04. The summed E-state index contributed by atoms with van der Waals surface area (Å²) >= 11 is 0. The smallest absolute Gasteiger partial charge is 0.338 e. The number of hydrogen-bond acceptors (Lipinski definition) is 10. The molecule has 0 bridgehead atoms. The van der Waals surface area contributed by atoms with E-state index in [4.69, 9.17) is 16.6 Å². The van der Waals surface area contributed by atoms with Crippen molar-refractivity contribution in [3.63, 3.8) is 0 Å². The predicted molar refractivity (Wildman–Crippen MR) is 123 cm³/mol. The standard InChI is InChI=1S/C21H23FN8O5/c1-2-9-5-10(18(31)28-14(20(34)35)6-12(22)19(32)33)3-4-13(9)25-7-11-8-26-17-15(27-11)16(23)29-21(24)30-17/h3-5,8,12,14,25H,2,6-7H2,1H3,(H,28,31)(H,32,33)(H,34,35)(H4,23,24,26,29,30)/t12-,14+/m1/s1. The number of anilines is 3. The Morgan fingerprint density at radius 2 is 1.86 bits per heavy atom. The van der Waals surface area contributed by atoms with Crippen LogP contribution < -0.4 is 22.1 Å². The molecule has 2 atom stereocenters. The van der Waals surface area contributed by atoms with Gasteiger partial charge >= 0.3 is 11.9 Å². The van der Waals surface area contributed by atoms with Gasteiger partial charge in [-0.15, -0.1) is 0 Å². The zero-order valence-corrected chi connectivity index (χ0v) is 18.5. The van der Waals surface area contributed by atoms with Crippen molar-refractivity contribution in [1.29, 1.82) is 0 Å². The average molecular weight is 486 g/mol. The van der Waals surface area contributed by atoms with Crippen LogP contribution in [0.4, 0.5) is 21.8 Å². The Kier molecular flexibility index (Phi) is 7.53. The molecular weight excluding hydrogens is 463 g/mol. The number of nitrogens with zero attached hydrogens (tertiary/aromatic N) is 4. The van der Waals surface area contributed by atoms with Crippen molar-refractivity contribution in [2.45, 2.75) is 38.5 Å². The van der Waals surface area contributed by atoms with E-state index in [1.165, 1.54) is 12.3 Å². The molecule has 2 aromatic heterocycles. The molecule has 2 heterocycles. The van der Waals surface area contributed by atoms with Crippen LogP contribution >= 0.6 is 0 Å². The van der Waals surface area contributed by atoms with Crippen molar-refractivity contribution in [2.24, 2.45) is 0 Å². The number of halogens is 1. The van der Waals surface area contributed by atoms with E-state index in [1.54, 1.807) is 12.1 Å². The van der Waals surface area contributed by atoms with Crippen molar-refractivity contribution in [1.82, 2.24) is 25.3 Å². The zero-order chi connectivity index (χ0) is 25.7. The third-order valence-electron chi connectivity index (χ3n) is 5.02. The molecule has 0 fully saturated rings. The first-order chi connectivity index (χ1) is 16.6. The molecule has 0 spiro atoms. The molecule has 8 N–H and O–H groups in total. The van der Waals surface area contributed by atoms with Crippen LogP contribution in [0.15, 0.2) is 24.4 Å². The fourth-order valence-electron chi connectivity index (χ4n) is 3.22. The first-order valence-electron chi connectivity index (χ1n) is 10.4. The molecule has 1 aromatic carbocycles. The molecule has 0 aliphatic carbocycles. The Hall–Kier alpha value is -4.62. The minimum atomic E-state index is -2.42. The number of aliphatic carboxylic acids is 2. The lowest BCUT2D eigenvalue weighted by atomic mass is 10.0. The first-order valence-corrected chi connectivity index (χ1v) is 10.4. The van der Waals surface area contributed by atoms with Gasteiger partial charge in [-0.3, -0.25) is 4.79 Å². The summed E-state index contributed by atoms with van der Waals surface area (Å²) in [4.78, 5) is 51.0. The van der Waals surface area contributed by atoms with Gasteiger partial charge in [-0.25, -0.2) is 23.9 Å². The van der Waals surface area contributed by atoms with Crippen LogP contribution in [-0.2, 0) is 22.6 Å². The number of carbonyl (C=O) groups is 3. The highest BCUT2D eigenvalue weighted by Crippen LogP contribution is 2.20. The molecule has 35 heavy (non-hydrogen) atoms. The van der Waals surface area contributed by atoms with Crippen molar-refractivity contribution in [2.75, 3.05) is 16.8 Å². The molecule has 0 unspecified atom stereocenters. The van der Waals surface area contributed by atoms with E-state index >= 15 is 0 Å². The van der Waals surface area contributed by atoms with Crippen LogP contribution in [-0.4, -0.2) is 60.2 Å². The van der Waals surface area contributed by atoms with Gasteiger partial charge in [0.05, 0.1) is 18.4 Å². The van der Waals surface area contributed by atoms with Gasteiger partial charge in [0, 0.05) is 17.7 Å². The molecule has 0 aliphatic rings. The maximum Gasteiger partial charge on any atom is 0.338 e. The topological polar surface area (TPSA) is 219 Å².